The van der Waals surface area contributed by atoms with Crippen LogP contribution < -0.4 is 0 Å². The van der Waals surface area contributed by atoms with Crippen molar-refractivity contribution in [2.45, 2.75) is 57.8 Å². The third-order valence-electron chi connectivity index (χ3n) is 6.93. The lowest BCUT2D eigenvalue weighted by atomic mass is 9.65. The van der Waals surface area contributed by atoms with E-state index in [4.69, 9.17) is 0 Å². The molecule has 1 spiro atoms. The molecule has 0 N–H and O–H groups in total. The van der Waals surface area contributed by atoms with Crippen LogP contribution in [0.1, 0.15) is 57.8 Å². The van der Waals surface area contributed by atoms with Crippen molar-refractivity contribution in [1.82, 2.24) is 9.80 Å². The van der Waals surface area contributed by atoms with Crippen LogP contribution in [0.4, 0.5) is 0 Å². The number of nitrogens with zero attached hydrogens (tertiary/aromatic N) is 2. The Morgan fingerprint density at radius 1 is 0.913 bits per heavy atom. The summed E-state index contributed by atoms with van der Waals surface area (Å²) in [5.74, 6) is 2.07. The summed E-state index contributed by atoms with van der Waals surface area (Å²) in [6.07, 6.45) is 16.1. The van der Waals surface area contributed by atoms with E-state index in [0.29, 0.717) is 17.2 Å². The number of hydrogen-bond acceptors (Lipinski definition) is 2. The van der Waals surface area contributed by atoms with Crippen molar-refractivity contribution >= 4 is 5.91 Å². The molecule has 4 aliphatic rings. The van der Waals surface area contributed by atoms with Gasteiger partial charge in [0.15, 0.2) is 0 Å². The first-order chi connectivity index (χ1) is 11.2. The Bertz CT molecular complexity index is 442. The molecular formula is C20H32N2O. The van der Waals surface area contributed by atoms with Gasteiger partial charge >= 0.3 is 0 Å². The van der Waals surface area contributed by atoms with Gasteiger partial charge in [0.2, 0.25) is 5.91 Å². The molecule has 2 saturated carbocycles. The summed E-state index contributed by atoms with van der Waals surface area (Å²) in [5.41, 5.74) is 0.634. The first-order valence-electron chi connectivity index (χ1n) is 9.88. The number of amides is 1. The van der Waals surface area contributed by atoms with Gasteiger partial charge in [-0.1, -0.05) is 12.2 Å². The summed E-state index contributed by atoms with van der Waals surface area (Å²) in [5, 5.41) is 0. The second kappa shape index (κ2) is 6.58. The quantitative estimate of drug-likeness (QED) is 0.742. The summed E-state index contributed by atoms with van der Waals surface area (Å²) < 4.78 is 0. The minimum absolute atomic E-state index is 0.384. The van der Waals surface area contributed by atoms with Gasteiger partial charge in [-0.2, -0.15) is 0 Å². The number of hydrogen-bond donors (Lipinski definition) is 0. The Morgan fingerprint density at radius 3 is 2.17 bits per heavy atom. The van der Waals surface area contributed by atoms with E-state index < -0.39 is 0 Å². The minimum Gasteiger partial charge on any atom is -0.335 e. The maximum absolute atomic E-state index is 12.3. The number of carbonyl (C=O) groups excluding carboxylic acids is 1. The second-order valence-electron chi connectivity index (χ2n) is 8.66. The molecule has 4 rings (SSSR count). The van der Waals surface area contributed by atoms with E-state index in [2.05, 4.69) is 17.1 Å². The molecule has 3 heteroatoms. The minimum atomic E-state index is 0.384. The van der Waals surface area contributed by atoms with Crippen LogP contribution in [0, 0.1) is 17.3 Å². The third kappa shape index (κ3) is 3.81. The molecule has 3 fully saturated rings. The van der Waals surface area contributed by atoms with Gasteiger partial charge in [0.1, 0.15) is 0 Å². The number of carbonyl (C=O) groups is 1. The monoisotopic (exact) mass is 316 g/mol. The molecule has 0 radical (unpaired) electrons. The van der Waals surface area contributed by atoms with Gasteiger partial charge < -0.3 is 9.80 Å². The Balaban J connectivity index is 1.20. The van der Waals surface area contributed by atoms with E-state index >= 15 is 0 Å². The zero-order valence-corrected chi connectivity index (χ0v) is 14.5. The van der Waals surface area contributed by atoms with Crippen LogP contribution in [0.3, 0.4) is 0 Å². The normalized spacial score (nSPS) is 28.6. The highest BCUT2D eigenvalue weighted by atomic mass is 16.2. The second-order valence-corrected chi connectivity index (χ2v) is 8.66. The lowest BCUT2D eigenvalue weighted by molar-refractivity contribution is -0.131. The third-order valence-corrected chi connectivity index (χ3v) is 6.93. The van der Waals surface area contributed by atoms with E-state index in [-0.39, 0.29) is 0 Å². The highest BCUT2D eigenvalue weighted by Crippen LogP contribution is 2.47. The van der Waals surface area contributed by atoms with Gasteiger partial charge in [-0.25, -0.2) is 0 Å². The summed E-state index contributed by atoms with van der Waals surface area (Å²) in [6, 6.07) is 0. The smallest absolute Gasteiger partial charge is 0.223 e. The van der Waals surface area contributed by atoms with Gasteiger partial charge in [-0.05, 0) is 81.7 Å². The maximum Gasteiger partial charge on any atom is 0.223 e. The Kier molecular flexibility index (Phi) is 4.49. The highest BCUT2D eigenvalue weighted by molar-refractivity contribution is 5.77. The van der Waals surface area contributed by atoms with Crippen LogP contribution in [0.15, 0.2) is 12.2 Å². The van der Waals surface area contributed by atoms with Crippen molar-refractivity contribution in [3.05, 3.63) is 12.2 Å². The van der Waals surface area contributed by atoms with Gasteiger partial charge in [-0.15, -0.1) is 0 Å². The largest absolute Gasteiger partial charge is 0.335 e. The Hall–Kier alpha value is -0.830. The van der Waals surface area contributed by atoms with E-state index in [1.54, 1.807) is 0 Å². The van der Waals surface area contributed by atoms with E-state index in [1.165, 1.54) is 71.0 Å². The fourth-order valence-electron chi connectivity index (χ4n) is 4.93. The molecule has 2 heterocycles. The molecule has 2 aliphatic heterocycles. The molecule has 3 nitrogen and oxygen atoms in total. The molecule has 0 aromatic rings. The Morgan fingerprint density at radius 2 is 1.57 bits per heavy atom. The molecule has 0 atom stereocenters. The van der Waals surface area contributed by atoms with Crippen molar-refractivity contribution < 1.29 is 4.79 Å². The maximum atomic E-state index is 12.3. The average Bonchev–Trinajstić information content (AvgIpc) is 3.21. The lowest BCUT2D eigenvalue weighted by Crippen LogP contribution is -2.43. The fourth-order valence-corrected chi connectivity index (χ4v) is 4.93. The predicted octanol–water partition coefficient (Wildman–Crippen LogP) is 3.46. The number of rotatable bonds is 4. The first-order valence-corrected chi connectivity index (χ1v) is 9.88. The molecule has 2 aliphatic carbocycles. The highest BCUT2D eigenvalue weighted by Gasteiger charge is 2.39. The Labute approximate surface area is 141 Å². The molecule has 23 heavy (non-hydrogen) atoms. The molecule has 1 amide bonds. The topological polar surface area (TPSA) is 23.6 Å². The van der Waals surface area contributed by atoms with E-state index in [1.807, 2.05) is 4.90 Å². The predicted molar refractivity (Wildman–Crippen MR) is 93.1 cm³/mol. The van der Waals surface area contributed by atoms with Crippen molar-refractivity contribution in [2.75, 3.05) is 32.7 Å². The van der Waals surface area contributed by atoms with Gasteiger partial charge in [0.25, 0.3) is 0 Å². The van der Waals surface area contributed by atoms with Crippen LogP contribution in [0.5, 0.6) is 0 Å². The van der Waals surface area contributed by atoms with E-state index in [0.717, 1.165) is 25.4 Å². The van der Waals surface area contributed by atoms with Crippen LogP contribution in [0.2, 0.25) is 0 Å². The summed E-state index contributed by atoms with van der Waals surface area (Å²) in [7, 11) is 0. The lowest BCUT2D eigenvalue weighted by Gasteiger charge is -2.46. The molecule has 0 unspecified atom stereocenters. The van der Waals surface area contributed by atoms with Crippen molar-refractivity contribution in [3.63, 3.8) is 0 Å². The summed E-state index contributed by atoms with van der Waals surface area (Å²) >= 11 is 0. The van der Waals surface area contributed by atoms with Crippen LogP contribution >= 0.6 is 0 Å². The zero-order valence-electron chi connectivity index (χ0n) is 14.5. The zero-order chi connectivity index (χ0) is 15.7. The first kappa shape index (κ1) is 15.7. The molecule has 0 aromatic carbocycles. The summed E-state index contributed by atoms with van der Waals surface area (Å²) in [6.45, 7) is 5.72. The van der Waals surface area contributed by atoms with Crippen LogP contribution in [-0.2, 0) is 4.79 Å². The molecule has 128 valence electrons. The fraction of sp³-hybridized carbons (Fsp3) is 0.850. The average molecular weight is 316 g/mol. The number of likely N-dealkylation sites (tertiary alicyclic amines) is 1. The number of piperidine rings is 1. The standard InChI is InChI=1S/C20H32N2O/c23-19(22-11-1-2-12-22)15-17-5-7-20(8-6-17)9-13-21(14-10-20)16-18-3-4-18/h1-2,17-18H,3-16H2. The van der Waals surface area contributed by atoms with Crippen molar-refractivity contribution in [3.8, 4) is 0 Å². The molecule has 1 saturated heterocycles. The molecule has 0 aromatic heterocycles. The summed E-state index contributed by atoms with van der Waals surface area (Å²) in [4.78, 5) is 17.0. The van der Waals surface area contributed by atoms with Crippen molar-refractivity contribution in [1.29, 1.82) is 0 Å². The van der Waals surface area contributed by atoms with Gasteiger partial charge in [-0.3, -0.25) is 4.79 Å². The van der Waals surface area contributed by atoms with Gasteiger partial charge in [0.05, 0.1) is 0 Å². The SMILES string of the molecule is O=C(CC1CCC2(CC1)CCN(CC1CC1)CC2)N1CC=CC1. The van der Waals surface area contributed by atoms with Gasteiger partial charge in [0, 0.05) is 26.1 Å². The molecule has 0 bridgehead atoms. The van der Waals surface area contributed by atoms with Crippen LogP contribution in [-0.4, -0.2) is 48.4 Å². The van der Waals surface area contributed by atoms with Crippen molar-refractivity contribution in [2.24, 2.45) is 17.3 Å². The van der Waals surface area contributed by atoms with Crippen LogP contribution in [0.25, 0.3) is 0 Å². The van der Waals surface area contributed by atoms with E-state index in [9.17, 15) is 4.79 Å². The molecular weight excluding hydrogens is 284 g/mol.